The Balaban J connectivity index is 1.62. The maximum atomic E-state index is 13.9. The number of rotatable bonds is 5. The summed E-state index contributed by atoms with van der Waals surface area (Å²) in [5.41, 5.74) is 2.68. The number of hydrogen-bond donors (Lipinski definition) is 1. The molecule has 1 N–H and O–H groups in total. The van der Waals surface area contributed by atoms with Crippen LogP contribution in [0.25, 0.3) is 33.4 Å². The Morgan fingerprint density at radius 2 is 1.97 bits per heavy atom. The molecule has 0 aliphatic rings. The molecule has 0 bridgehead atoms. The predicted octanol–water partition coefficient (Wildman–Crippen LogP) is 3.82. The number of aromatic amines is 1. The highest BCUT2D eigenvalue weighted by Gasteiger charge is 2.26. The first-order chi connectivity index (χ1) is 16.3. The average molecular weight is 457 g/mol. The fourth-order valence-corrected chi connectivity index (χ4v) is 4.18. The Morgan fingerprint density at radius 1 is 1.18 bits per heavy atom. The van der Waals surface area contributed by atoms with E-state index in [2.05, 4.69) is 15.1 Å². The van der Waals surface area contributed by atoms with Crippen LogP contribution in [-0.2, 0) is 13.6 Å². The van der Waals surface area contributed by atoms with E-state index in [1.165, 1.54) is 0 Å². The number of amides is 1. The van der Waals surface area contributed by atoms with Gasteiger partial charge in [0, 0.05) is 13.1 Å². The van der Waals surface area contributed by atoms with E-state index >= 15 is 0 Å². The van der Waals surface area contributed by atoms with Crippen molar-refractivity contribution in [2.75, 3.05) is 0 Å². The standard InChI is InChI=1S/C25H24N6O3/c1-14(2)31(13-21-26-18-9-6-5-8-16(18)24(32)28-21)25(33)17-12-19(20-10-7-11-34-20)27-23-22(17)15(3)29-30(23)4/h5-12,14H,13H2,1-4H3,(H,26,28,32). The van der Waals surface area contributed by atoms with Gasteiger partial charge in [-0.05, 0) is 51.1 Å². The summed E-state index contributed by atoms with van der Waals surface area (Å²) in [6, 6.07) is 12.3. The number of furan rings is 1. The van der Waals surface area contributed by atoms with Crippen molar-refractivity contribution in [2.24, 2.45) is 7.05 Å². The van der Waals surface area contributed by atoms with Gasteiger partial charge in [-0.15, -0.1) is 0 Å². The predicted molar refractivity (Wildman–Crippen MR) is 128 cm³/mol. The van der Waals surface area contributed by atoms with Crippen molar-refractivity contribution in [2.45, 2.75) is 33.4 Å². The molecule has 4 aromatic heterocycles. The second-order valence-corrected chi connectivity index (χ2v) is 8.50. The molecular weight excluding hydrogens is 432 g/mol. The summed E-state index contributed by atoms with van der Waals surface area (Å²) in [4.78, 5) is 40.3. The lowest BCUT2D eigenvalue weighted by atomic mass is 10.1. The van der Waals surface area contributed by atoms with Gasteiger partial charge in [-0.3, -0.25) is 14.3 Å². The van der Waals surface area contributed by atoms with Gasteiger partial charge in [-0.1, -0.05) is 12.1 Å². The monoisotopic (exact) mass is 456 g/mol. The topological polar surface area (TPSA) is 110 Å². The molecule has 0 saturated heterocycles. The van der Waals surface area contributed by atoms with E-state index in [1.807, 2.05) is 26.8 Å². The highest BCUT2D eigenvalue weighted by atomic mass is 16.3. The molecule has 5 rings (SSSR count). The summed E-state index contributed by atoms with van der Waals surface area (Å²) in [5.74, 6) is 0.777. The largest absolute Gasteiger partial charge is 0.463 e. The first-order valence-electron chi connectivity index (χ1n) is 11.0. The molecule has 0 saturated carbocycles. The minimum absolute atomic E-state index is 0.149. The van der Waals surface area contributed by atoms with Crippen LogP contribution in [0.1, 0.15) is 35.7 Å². The second kappa shape index (κ2) is 8.26. The first kappa shape index (κ1) is 21.6. The third-order valence-corrected chi connectivity index (χ3v) is 5.84. The van der Waals surface area contributed by atoms with Crippen LogP contribution < -0.4 is 5.56 Å². The summed E-state index contributed by atoms with van der Waals surface area (Å²) in [7, 11) is 1.80. The lowest BCUT2D eigenvalue weighted by Crippen LogP contribution is -2.37. The molecule has 4 heterocycles. The van der Waals surface area contributed by atoms with Gasteiger partial charge in [0.05, 0.1) is 40.4 Å². The van der Waals surface area contributed by atoms with Gasteiger partial charge in [0.2, 0.25) is 0 Å². The summed E-state index contributed by atoms with van der Waals surface area (Å²) in [5, 5.41) is 5.68. The molecule has 9 nitrogen and oxygen atoms in total. The Labute approximate surface area is 195 Å². The molecular formula is C25H24N6O3. The quantitative estimate of drug-likeness (QED) is 0.430. The van der Waals surface area contributed by atoms with Crippen LogP contribution in [0.4, 0.5) is 0 Å². The van der Waals surface area contributed by atoms with Gasteiger partial charge >= 0.3 is 0 Å². The van der Waals surface area contributed by atoms with Crippen molar-refractivity contribution in [1.82, 2.24) is 29.6 Å². The van der Waals surface area contributed by atoms with Crippen LogP contribution in [0.3, 0.4) is 0 Å². The van der Waals surface area contributed by atoms with Crippen LogP contribution in [0.2, 0.25) is 0 Å². The van der Waals surface area contributed by atoms with E-state index in [1.54, 1.807) is 59.3 Å². The molecule has 0 fully saturated rings. The van der Waals surface area contributed by atoms with Crippen LogP contribution in [0.5, 0.6) is 0 Å². The van der Waals surface area contributed by atoms with Crippen molar-refractivity contribution >= 4 is 27.8 Å². The number of carbonyl (C=O) groups is 1. The number of H-pyrrole nitrogens is 1. The zero-order valence-electron chi connectivity index (χ0n) is 19.4. The number of fused-ring (bicyclic) bond motifs is 2. The average Bonchev–Trinajstić information content (AvgIpc) is 3.45. The van der Waals surface area contributed by atoms with E-state index in [9.17, 15) is 9.59 Å². The number of aryl methyl sites for hydroxylation is 2. The van der Waals surface area contributed by atoms with Crippen molar-refractivity contribution < 1.29 is 9.21 Å². The van der Waals surface area contributed by atoms with E-state index in [0.29, 0.717) is 50.5 Å². The minimum Gasteiger partial charge on any atom is -0.463 e. The van der Waals surface area contributed by atoms with Crippen molar-refractivity contribution in [1.29, 1.82) is 0 Å². The fourth-order valence-electron chi connectivity index (χ4n) is 4.18. The molecule has 9 heteroatoms. The molecule has 0 unspecified atom stereocenters. The second-order valence-electron chi connectivity index (χ2n) is 8.50. The summed E-state index contributed by atoms with van der Waals surface area (Å²) in [6.45, 7) is 5.86. The van der Waals surface area contributed by atoms with Crippen LogP contribution >= 0.6 is 0 Å². The third kappa shape index (κ3) is 3.64. The smallest absolute Gasteiger partial charge is 0.258 e. The van der Waals surface area contributed by atoms with E-state index < -0.39 is 0 Å². The van der Waals surface area contributed by atoms with E-state index in [0.717, 1.165) is 0 Å². The van der Waals surface area contributed by atoms with Crippen LogP contribution in [-0.4, -0.2) is 41.6 Å². The fraction of sp³-hybridized carbons (Fsp3) is 0.240. The summed E-state index contributed by atoms with van der Waals surface area (Å²) < 4.78 is 7.20. The summed E-state index contributed by atoms with van der Waals surface area (Å²) >= 11 is 0. The number of para-hydroxylation sites is 1. The molecule has 0 aliphatic heterocycles. The molecule has 1 amide bonds. The van der Waals surface area contributed by atoms with Gasteiger partial charge < -0.3 is 14.3 Å². The van der Waals surface area contributed by atoms with Crippen molar-refractivity contribution in [3.05, 3.63) is 76.2 Å². The number of hydrogen-bond acceptors (Lipinski definition) is 6. The number of nitrogens with zero attached hydrogens (tertiary/aromatic N) is 5. The zero-order chi connectivity index (χ0) is 24.0. The van der Waals surface area contributed by atoms with Crippen molar-refractivity contribution in [3.8, 4) is 11.5 Å². The highest BCUT2D eigenvalue weighted by molar-refractivity contribution is 6.07. The zero-order valence-corrected chi connectivity index (χ0v) is 19.4. The van der Waals surface area contributed by atoms with Gasteiger partial charge in [0.1, 0.15) is 11.5 Å². The number of benzene rings is 1. The van der Waals surface area contributed by atoms with Gasteiger partial charge in [-0.25, -0.2) is 9.97 Å². The Hall–Kier alpha value is -4.27. The van der Waals surface area contributed by atoms with Crippen molar-refractivity contribution in [3.63, 3.8) is 0 Å². The molecule has 0 spiro atoms. The number of nitrogens with one attached hydrogen (secondary N) is 1. The highest BCUT2D eigenvalue weighted by Crippen LogP contribution is 2.28. The number of pyridine rings is 1. The maximum Gasteiger partial charge on any atom is 0.258 e. The van der Waals surface area contributed by atoms with Gasteiger partial charge in [0.15, 0.2) is 11.4 Å². The Bertz CT molecular complexity index is 1580. The SMILES string of the molecule is Cc1nn(C)c2nc(-c3ccco3)cc(C(=O)N(Cc3nc4ccccc4c(=O)[nH]3)C(C)C)c12. The number of aromatic nitrogens is 5. The van der Waals surface area contributed by atoms with E-state index in [-0.39, 0.29) is 24.1 Å². The van der Waals surface area contributed by atoms with E-state index in [4.69, 9.17) is 9.40 Å². The molecule has 34 heavy (non-hydrogen) atoms. The normalized spacial score (nSPS) is 11.6. The van der Waals surface area contributed by atoms with Gasteiger partial charge in [0.25, 0.3) is 11.5 Å². The first-order valence-corrected chi connectivity index (χ1v) is 11.0. The molecule has 1 aromatic carbocycles. The molecule has 172 valence electrons. The number of carbonyl (C=O) groups excluding carboxylic acids is 1. The lowest BCUT2D eigenvalue weighted by molar-refractivity contribution is 0.0687. The molecule has 0 aliphatic carbocycles. The Kier molecular flexibility index (Phi) is 5.24. The maximum absolute atomic E-state index is 13.9. The Morgan fingerprint density at radius 3 is 2.71 bits per heavy atom. The minimum atomic E-state index is -0.230. The van der Waals surface area contributed by atoms with Gasteiger partial charge in [-0.2, -0.15) is 5.10 Å². The van der Waals surface area contributed by atoms with Crippen LogP contribution in [0.15, 0.2) is 57.9 Å². The summed E-state index contributed by atoms with van der Waals surface area (Å²) in [6.07, 6.45) is 1.57. The molecule has 0 atom stereocenters. The molecule has 0 radical (unpaired) electrons. The molecule has 5 aromatic rings. The third-order valence-electron chi connectivity index (χ3n) is 5.84. The lowest BCUT2D eigenvalue weighted by Gasteiger charge is -2.27. The van der Waals surface area contributed by atoms with Crippen LogP contribution in [0, 0.1) is 6.92 Å².